The number of benzene rings is 4. The van der Waals surface area contributed by atoms with Crippen LogP contribution in [0.15, 0.2) is 103 Å². The van der Waals surface area contributed by atoms with E-state index in [0.29, 0.717) is 37.7 Å². The van der Waals surface area contributed by atoms with Gasteiger partial charge in [-0.05, 0) is 72.2 Å². The summed E-state index contributed by atoms with van der Waals surface area (Å²) in [4.78, 5) is 12.6. The minimum atomic E-state index is -0.895. The van der Waals surface area contributed by atoms with Crippen LogP contribution < -0.4 is 4.74 Å². The molecule has 2 fully saturated rings. The summed E-state index contributed by atoms with van der Waals surface area (Å²) in [6.07, 6.45) is 1.88. The molecule has 1 saturated carbocycles. The molecule has 1 saturated heterocycles. The Kier molecular flexibility index (Phi) is 9.25. The molecule has 6 rings (SSSR count). The van der Waals surface area contributed by atoms with Gasteiger partial charge < -0.3 is 23.7 Å². The van der Waals surface area contributed by atoms with Crippen molar-refractivity contribution in [3.05, 3.63) is 136 Å². The second-order valence-corrected chi connectivity index (χ2v) is 11.8. The first-order valence-corrected chi connectivity index (χ1v) is 15.4. The summed E-state index contributed by atoms with van der Waals surface area (Å²) in [5, 5.41) is 0.679. The third-order valence-corrected chi connectivity index (χ3v) is 9.00. The molecule has 0 N–H and O–H groups in total. The summed E-state index contributed by atoms with van der Waals surface area (Å²) in [6, 6.07) is 34.3. The molecule has 0 radical (unpaired) electrons. The van der Waals surface area contributed by atoms with E-state index in [1.807, 2.05) is 67.6 Å². The maximum absolute atomic E-state index is 12.6. The lowest BCUT2D eigenvalue weighted by Gasteiger charge is -2.57. The molecular weight excluding hydrogens is 560 g/mol. The molecule has 4 aromatic rings. The molecular formula is C37H37ClO5. The Morgan fingerprint density at radius 3 is 2.07 bits per heavy atom. The number of aldehydes is 1. The van der Waals surface area contributed by atoms with Gasteiger partial charge in [-0.3, -0.25) is 0 Å². The highest BCUT2D eigenvalue weighted by molar-refractivity contribution is 6.31. The lowest BCUT2D eigenvalue weighted by Crippen LogP contribution is -2.65. The maximum Gasteiger partial charge on any atom is 0.152 e. The standard InChI is InChI=1S/C37H37ClO5/c1-2-40-31-16-13-26(14-17-31)21-30-22-29(15-18-33(30)38)34-36(42-24-28-11-7-4-8-12-28)35(32-19-20-37(32,25-39)43-34)41-23-27-9-5-3-6-10-27/h3-18,22,25,32,34-36H,2,19-21,23-24H2,1H3. The molecule has 0 amide bonds. The zero-order chi connectivity index (χ0) is 29.6. The minimum absolute atomic E-state index is 0.0821. The number of carbonyl (C=O) groups excluding carboxylic acids is 1. The number of carbonyl (C=O) groups is 1. The average molecular weight is 597 g/mol. The van der Waals surface area contributed by atoms with Gasteiger partial charge in [0.1, 0.15) is 23.6 Å². The molecule has 0 spiro atoms. The highest BCUT2D eigenvalue weighted by Crippen LogP contribution is 2.53. The number of rotatable bonds is 12. The van der Waals surface area contributed by atoms with E-state index >= 15 is 0 Å². The number of fused-ring (bicyclic) bond motifs is 1. The fourth-order valence-electron chi connectivity index (χ4n) is 6.24. The van der Waals surface area contributed by atoms with Gasteiger partial charge in [0.2, 0.25) is 0 Å². The molecule has 5 unspecified atom stereocenters. The third-order valence-electron chi connectivity index (χ3n) is 8.64. The van der Waals surface area contributed by atoms with Gasteiger partial charge >= 0.3 is 0 Å². The molecule has 1 heterocycles. The lowest BCUT2D eigenvalue weighted by molar-refractivity contribution is -0.292. The Labute approximate surface area is 258 Å². The van der Waals surface area contributed by atoms with Gasteiger partial charge in [-0.25, -0.2) is 0 Å². The highest BCUT2D eigenvalue weighted by atomic mass is 35.5. The predicted molar refractivity (Wildman–Crippen MR) is 167 cm³/mol. The zero-order valence-corrected chi connectivity index (χ0v) is 25.1. The fourth-order valence-corrected chi connectivity index (χ4v) is 6.43. The van der Waals surface area contributed by atoms with Crippen LogP contribution in [0, 0.1) is 5.92 Å². The van der Waals surface area contributed by atoms with Crippen molar-refractivity contribution in [1.82, 2.24) is 0 Å². The Morgan fingerprint density at radius 2 is 1.49 bits per heavy atom. The Bertz CT molecular complexity index is 1490. The first kappa shape index (κ1) is 29.6. The largest absolute Gasteiger partial charge is 0.494 e. The van der Waals surface area contributed by atoms with Crippen molar-refractivity contribution in [3.8, 4) is 5.75 Å². The molecule has 6 heteroatoms. The second-order valence-electron chi connectivity index (χ2n) is 11.4. The van der Waals surface area contributed by atoms with Crippen LogP contribution in [0.1, 0.15) is 53.7 Å². The van der Waals surface area contributed by atoms with Crippen LogP contribution in [0.5, 0.6) is 5.75 Å². The van der Waals surface area contributed by atoms with Crippen molar-refractivity contribution < 1.29 is 23.7 Å². The van der Waals surface area contributed by atoms with E-state index in [4.69, 9.17) is 30.5 Å². The molecule has 0 bridgehead atoms. The molecule has 5 atom stereocenters. The van der Waals surface area contributed by atoms with Crippen molar-refractivity contribution in [2.75, 3.05) is 6.61 Å². The smallest absolute Gasteiger partial charge is 0.152 e. The fraction of sp³-hybridized carbons (Fsp3) is 0.324. The third kappa shape index (κ3) is 6.56. The second kappa shape index (κ2) is 13.4. The average Bonchev–Trinajstić information content (AvgIpc) is 3.03. The molecule has 222 valence electrons. The van der Waals surface area contributed by atoms with Crippen molar-refractivity contribution in [1.29, 1.82) is 0 Å². The lowest BCUT2D eigenvalue weighted by atomic mass is 9.63. The summed E-state index contributed by atoms with van der Waals surface area (Å²) < 4.78 is 25.7. The highest BCUT2D eigenvalue weighted by Gasteiger charge is 2.61. The summed E-state index contributed by atoms with van der Waals surface area (Å²) in [5.41, 5.74) is 4.27. The maximum atomic E-state index is 12.6. The number of hydrogen-bond donors (Lipinski definition) is 0. The van der Waals surface area contributed by atoms with Crippen LogP contribution in [-0.4, -0.2) is 30.7 Å². The van der Waals surface area contributed by atoms with Crippen LogP contribution in [0.3, 0.4) is 0 Å². The van der Waals surface area contributed by atoms with Crippen LogP contribution >= 0.6 is 11.6 Å². The Morgan fingerprint density at radius 1 is 0.837 bits per heavy atom. The van der Waals surface area contributed by atoms with E-state index in [-0.39, 0.29) is 12.0 Å². The van der Waals surface area contributed by atoms with Crippen LogP contribution in [0.4, 0.5) is 0 Å². The van der Waals surface area contributed by atoms with Gasteiger partial charge in [0, 0.05) is 10.9 Å². The first-order chi connectivity index (χ1) is 21.1. The topological polar surface area (TPSA) is 54.0 Å². The Hall–Kier alpha value is -3.48. The van der Waals surface area contributed by atoms with Crippen molar-refractivity contribution in [2.45, 2.75) is 63.3 Å². The quantitative estimate of drug-likeness (QED) is 0.156. The molecule has 43 heavy (non-hydrogen) atoms. The van der Waals surface area contributed by atoms with Gasteiger partial charge in [-0.15, -0.1) is 0 Å². The minimum Gasteiger partial charge on any atom is -0.494 e. The van der Waals surface area contributed by atoms with Gasteiger partial charge in [-0.1, -0.05) is 96.5 Å². The zero-order valence-electron chi connectivity index (χ0n) is 24.4. The summed E-state index contributed by atoms with van der Waals surface area (Å²) >= 11 is 6.73. The number of halogens is 1. The number of ether oxygens (including phenoxy) is 4. The van der Waals surface area contributed by atoms with Crippen LogP contribution in [0.25, 0.3) is 0 Å². The molecule has 5 nitrogen and oxygen atoms in total. The predicted octanol–water partition coefficient (Wildman–Crippen LogP) is 7.92. The molecule has 2 aliphatic rings. The normalized spacial score (nSPS) is 24.5. The van der Waals surface area contributed by atoms with E-state index in [1.54, 1.807) is 0 Å². The number of hydrogen-bond acceptors (Lipinski definition) is 5. The van der Waals surface area contributed by atoms with E-state index in [9.17, 15) is 4.79 Å². The van der Waals surface area contributed by atoms with E-state index in [0.717, 1.165) is 46.3 Å². The molecule has 1 aliphatic carbocycles. The van der Waals surface area contributed by atoms with Crippen molar-refractivity contribution >= 4 is 17.9 Å². The van der Waals surface area contributed by atoms with E-state index < -0.39 is 17.8 Å². The summed E-state index contributed by atoms with van der Waals surface area (Å²) in [5.74, 6) is 0.761. The summed E-state index contributed by atoms with van der Waals surface area (Å²) in [7, 11) is 0. The Balaban J connectivity index is 1.32. The summed E-state index contributed by atoms with van der Waals surface area (Å²) in [6.45, 7) is 3.44. The van der Waals surface area contributed by atoms with Gasteiger partial charge in [0.25, 0.3) is 0 Å². The van der Waals surface area contributed by atoms with Crippen LogP contribution in [0.2, 0.25) is 5.02 Å². The molecule has 0 aromatic heterocycles. The van der Waals surface area contributed by atoms with Crippen LogP contribution in [-0.2, 0) is 38.6 Å². The first-order valence-electron chi connectivity index (χ1n) is 15.0. The molecule has 4 aromatic carbocycles. The van der Waals surface area contributed by atoms with Gasteiger partial charge in [0.15, 0.2) is 6.29 Å². The van der Waals surface area contributed by atoms with E-state index in [2.05, 4.69) is 42.5 Å². The van der Waals surface area contributed by atoms with Gasteiger partial charge in [-0.2, -0.15) is 0 Å². The molecule has 1 aliphatic heterocycles. The van der Waals surface area contributed by atoms with Crippen molar-refractivity contribution in [2.24, 2.45) is 5.92 Å². The van der Waals surface area contributed by atoms with E-state index in [1.165, 1.54) is 0 Å². The SMILES string of the molecule is CCOc1ccc(Cc2cc(C3OC4(C=O)CCC4C(OCc4ccccc4)C3OCc3ccccc3)ccc2Cl)cc1. The monoisotopic (exact) mass is 596 g/mol. The van der Waals surface area contributed by atoms with Crippen molar-refractivity contribution in [3.63, 3.8) is 0 Å². The van der Waals surface area contributed by atoms with Gasteiger partial charge in [0.05, 0.1) is 25.9 Å².